The zero-order chi connectivity index (χ0) is 12.0. The Morgan fingerprint density at radius 1 is 1.44 bits per heavy atom. The molecule has 1 rings (SSSR count). The van der Waals surface area contributed by atoms with Crippen LogP contribution in [0.3, 0.4) is 0 Å². The highest BCUT2D eigenvalue weighted by atomic mass is 16.2. The normalized spacial score (nSPS) is 24.9. The molecule has 0 aliphatic carbocycles. The lowest BCUT2D eigenvalue weighted by Crippen LogP contribution is -2.43. The van der Waals surface area contributed by atoms with Crippen LogP contribution in [0.15, 0.2) is 0 Å². The summed E-state index contributed by atoms with van der Waals surface area (Å²) in [5, 5.41) is 8.64. The van der Waals surface area contributed by atoms with Crippen molar-refractivity contribution in [2.75, 3.05) is 20.1 Å². The van der Waals surface area contributed by atoms with Crippen LogP contribution < -0.4 is 16.0 Å². The molecular formula is C11H21N3O2. The number of carbonyl (C=O) groups excluding carboxylic acids is 2. The maximum Gasteiger partial charge on any atom is 0.223 e. The van der Waals surface area contributed by atoms with Gasteiger partial charge in [-0.25, -0.2) is 0 Å². The quantitative estimate of drug-likeness (QED) is 0.613. The minimum absolute atomic E-state index is 0.0426. The molecule has 0 saturated carbocycles. The average molecular weight is 227 g/mol. The van der Waals surface area contributed by atoms with E-state index in [9.17, 15) is 9.59 Å². The molecule has 1 saturated heterocycles. The van der Waals surface area contributed by atoms with E-state index in [1.165, 1.54) is 0 Å². The fourth-order valence-electron chi connectivity index (χ4n) is 1.94. The monoisotopic (exact) mass is 227 g/mol. The zero-order valence-corrected chi connectivity index (χ0v) is 10.0. The molecule has 92 valence electrons. The van der Waals surface area contributed by atoms with Crippen molar-refractivity contribution in [3.63, 3.8) is 0 Å². The lowest BCUT2D eigenvalue weighted by Gasteiger charge is -2.27. The second kappa shape index (κ2) is 6.48. The molecule has 0 aromatic heterocycles. The van der Waals surface area contributed by atoms with Crippen molar-refractivity contribution in [3.05, 3.63) is 0 Å². The minimum Gasteiger partial charge on any atom is -0.359 e. The molecule has 0 spiro atoms. The third kappa shape index (κ3) is 4.18. The van der Waals surface area contributed by atoms with E-state index in [4.69, 9.17) is 0 Å². The van der Waals surface area contributed by atoms with Crippen LogP contribution in [0.5, 0.6) is 0 Å². The molecule has 1 aliphatic rings. The van der Waals surface area contributed by atoms with Gasteiger partial charge < -0.3 is 16.0 Å². The van der Waals surface area contributed by atoms with Crippen LogP contribution in [0.25, 0.3) is 0 Å². The molecule has 0 aromatic rings. The Kier molecular flexibility index (Phi) is 5.25. The number of amides is 2. The summed E-state index contributed by atoms with van der Waals surface area (Å²) in [5.74, 6) is 0.136. The van der Waals surface area contributed by atoms with Crippen LogP contribution in [0.4, 0.5) is 0 Å². The van der Waals surface area contributed by atoms with Crippen LogP contribution >= 0.6 is 0 Å². The molecule has 0 bridgehead atoms. The van der Waals surface area contributed by atoms with Crippen LogP contribution in [-0.2, 0) is 9.59 Å². The Hall–Kier alpha value is -1.10. The second-order valence-corrected chi connectivity index (χ2v) is 4.29. The van der Waals surface area contributed by atoms with Crippen LogP contribution in [0, 0.1) is 5.92 Å². The number of carbonyl (C=O) groups is 2. The number of rotatable bonds is 4. The number of nitrogens with one attached hydrogen (secondary N) is 3. The standard InChI is InChI=1S/C11H21N3O2/c1-8-7-9(3-5-13-8)11(16)14-6-4-10(15)12-2/h8-9,13H,3-7H2,1-2H3,(H,12,15)(H,14,16). The molecule has 0 radical (unpaired) electrons. The second-order valence-electron chi connectivity index (χ2n) is 4.29. The highest BCUT2D eigenvalue weighted by molar-refractivity contribution is 5.80. The Bertz CT molecular complexity index is 256. The van der Waals surface area contributed by atoms with Crippen molar-refractivity contribution < 1.29 is 9.59 Å². The SMILES string of the molecule is CNC(=O)CCNC(=O)C1CCNC(C)C1. The van der Waals surface area contributed by atoms with E-state index in [2.05, 4.69) is 22.9 Å². The molecule has 1 aliphatic heterocycles. The molecular weight excluding hydrogens is 206 g/mol. The van der Waals surface area contributed by atoms with Gasteiger partial charge in [-0.1, -0.05) is 0 Å². The molecule has 1 heterocycles. The lowest BCUT2D eigenvalue weighted by atomic mass is 9.92. The molecule has 5 nitrogen and oxygen atoms in total. The van der Waals surface area contributed by atoms with E-state index in [1.807, 2.05) is 0 Å². The van der Waals surface area contributed by atoms with Gasteiger partial charge in [0.1, 0.15) is 0 Å². The maximum atomic E-state index is 11.7. The van der Waals surface area contributed by atoms with Crippen LogP contribution in [0.2, 0.25) is 0 Å². The number of hydrogen-bond donors (Lipinski definition) is 3. The van der Waals surface area contributed by atoms with E-state index in [1.54, 1.807) is 7.05 Å². The van der Waals surface area contributed by atoms with Crippen molar-refractivity contribution in [2.24, 2.45) is 5.92 Å². The lowest BCUT2D eigenvalue weighted by molar-refractivity contribution is -0.126. The van der Waals surface area contributed by atoms with Gasteiger partial charge in [0.15, 0.2) is 0 Å². The first-order valence-corrected chi connectivity index (χ1v) is 5.85. The molecule has 2 atom stereocenters. The van der Waals surface area contributed by atoms with E-state index in [-0.39, 0.29) is 17.7 Å². The summed E-state index contributed by atoms with van der Waals surface area (Å²) < 4.78 is 0. The van der Waals surface area contributed by atoms with E-state index < -0.39 is 0 Å². The number of hydrogen-bond acceptors (Lipinski definition) is 3. The van der Waals surface area contributed by atoms with Gasteiger partial charge in [-0.05, 0) is 26.3 Å². The zero-order valence-electron chi connectivity index (χ0n) is 10.0. The first-order chi connectivity index (χ1) is 7.63. The molecule has 5 heteroatoms. The summed E-state index contributed by atoms with van der Waals surface area (Å²) in [6, 6.07) is 0.406. The largest absolute Gasteiger partial charge is 0.359 e. The van der Waals surface area contributed by atoms with Gasteiger partial charge in [0, 0.05) is 32.0 Å². The summed E-state index contributed by atoms with van der Waals surface area (Å²) in [4.78, 5) is 22.7. The summed E-state index contributed by atoms with van der Waals surface area (Å²) in [7, 11) is 1.60. The van der Waals surface area contributed by atoms with E-state index >= 15 is 0 Å². The highest BCUT2D eigenvalue weighted by Crippen LogP contribution is 2.15. The molecule has 3 N–H and O–H groups in total. The van der Waals surface area contributed by atoms with Gasteiger partial charge in [0.05, 0.1) is 0 Å². The van der Waals surface area contributed by atoms with E-state index in [0.717, 1.165) is 19.4 Å². The van der Waals surface area contributed by atoms with Crippen molar-refractivity contribution in [3.8, 4) is 0 Å². The predicted octanol–water partition coefficient (Wildman–Crippen LogP) is -0.373. The Labute approximate surface area is 96.4 Å². The molecule has 16 heavy (non-hydrogen) atoms. The van der Waals surface area contributed by atoms with Gasteiger partial charge in [-0.2, -0.15) is 0 Å². The Morgan fingerprint density at radius 2 is 2.19 bits per heavy atom. The summed E-state index contributed by atoms with van der Waals surface area (Å²) in [6.07, 6.45) is 2.12. The average Bonchev–Trinajstić information content (AvgIpc) is 2.28. The summed E-state index contributed by atoms with van der Waals surface area (Å²) >= 11 is 0. The van der Waals surface area contributed by atoms with Crippen LogP contribution in [0.1, 0.15) is 26.2 Å². The van der Waals surface area contributed by atoms with Crippen molar-refractivity contribution in [1.29, 1.82) is 0 Å². The van der Waals surface area contributed by atoms with Gasteiger partial charge in [-0.15, -0.1) is 0 Å². The molecule has 1 fully saturated rings. The molecule has 2 unspecified atom stereocenters. The maximum absolute atomic E-state index is 11.7. The van der Waals surface area contributed by atoms with Gasteiger partial charge >= 0.3 is 0 Å². The molecule has 2 amide bonds. The van der Waals surface area contributed by atoms with Crippen LogP contribution in [-0.4, -0.2) is 38.0 Å². The third-order valence-electron chi connectivity index (χ3n) is 2.92. The first kappa shape index (κ1) is 13.0. The van der Waals surface area contributed by atoms with Gasteiger partial charge in [0.25, 0.3) is 0 Å². The molecule has 0 aromatic carbocycles. The van der Waals surface area contributed by atoms with E-state index in [0.29, 0.717) is 19.0 Å². The highest BCUT2D eigenvalue weighted by Gasteiger charge is 2.24. The smallest absolute Gasteiger partial charge is 0.223 e. The minimum atomic E-state index is -0.0426. The Morgan fingerprint density at radius 3 is 2.81 bits per heavy atom. The summed E-state index contributed by atoms with van der Waals surface area (Å²) in [5.41, 5.74) is 0. The van der Waals surface area contributed by atoms with Gasteiger partial charge in [-0.3, -0.25) is 9.59 Å². The Balaban J connectivity index is 2.21. The first-order valence-electron chi connectivity index (χ1n) is 5.85. The van der Waals surface area contributed by atoms with Gasteiger partial charge in [0.2, 0.25) is 11.8 Å². The fraction of sp³-hybridized carbons (Fsp3) is 0.818. The van der Waals surface area contributed by atoms with Crippen molar-refractivity contribution in [2.45, 2.75) is 32.2 Å². The van der Waals surface area contributed by atoms with Crippen molar-refractivity contribution >= 4 is 11.8 Å². The predicted molar refractivity (Wildman–Crippen MR) is 61.9 cm³/mol. The topological polar surface area (TPSA) is 70.2 Å². The fourth-order valence-corrected chi connectivity index (χ4v) is 1.94. The number of piperidine rings is 1. The van der Waals surface area contributed by atoms with Crippen molar-refractivity contribution in [1.82, 2.24) is 16.0 Å². The third-order valence-corrected chi connectivity index (χ3v) is 2.92. The summed E-state index contributed by atoms with van der Waals surface area (Å²) in [6.45, 7) is 3.41.